The van der Waals surface area contributed by atoms with Crippen molar-refractivity contribution in [1.82, 2.24) is 5.32 Å². The van der Waals surface area contributed by atoms with Gasteiger partial charge in [-0.3, -0.25) is 14.4 Å². The fourth-order valence-corrected chi connectivity index (χ4v) is 2.54. The van der Waals surface area contributed by atoms with Crippen LogP contribution in [0.25, 0.3) is 0 Å². The molecule has 0 saturated heterocycles. The third-order valence-electron chi connectivity index (χ3n) is 3.91. The number of hydrogen-bond donors (Lipinski definition) is 3. The lowest BCUT2D eigenvalue weighted by atomic mass is 10.1. The van der Waals surface area contributed by atoms with Crippen molar-refractivity contribution in [2.24, 2.45) is 5.73 Å². The summed E-state index contributed by atoms with van der Waals surface area (Å²) in [4.78, 5) is 37.1. The van der Waals surface area contributed by atoms with Crippen molar-refractivity contribution in [2.45, 2.75) is 13.3 Å². The molecule has 0 radical (unpaired) electrons. The fraction of sp³-hybridized carbons (Fsp3) is 0.250. The Morgan fingerprint density at radius 1 is 0.963 bits per heavy atom. The van der Waals surface area contributed by atoms with E-state index >= 15 is 0 Å². The van der Waals surface area contributed by atoms with Gasteiger partial charge in [-0.15, -0.1) is 0 Å². The zero-order chi connectivity index (χ0) is 19.6. The van der Waals surface area contributed by atoms with Gasteiger partial charge in [0, 0.05) is 17.9 Å². The first-order valence-corrected chi connectivity index (χ1v) is 8.74. The Hall–Kier alpha value is -3.19. The first-order chi connectivity index (χ1) is 13.0. The largest absolute Gasteiger partial charge is 0.346 e. The van der Waals surface area contributed by atoms with Gasteiger partial charge in [0.2, 0.25) is 17.7 Å². The molecule has 0 aliphatic rings. The second-order valence-corrected chi connectivity index (χ2v) is 5.88. The summed E-state index contributed by atoms with van der Waals surface area (Å²) in [6.45, 7) is 2.23. The average Bonchev–Trinajstić information content (AvgIpc) is 2.69. The highest BCUT2D eigenvalue weighted by atomic mass is 16.2. The van der Waals surface area contributed by atoms with E-state index in [9.17, 15) is 14.4 Å². The summed E-state index contributed by atoms with van der Waals surface area (Å²) in [5.41, 5.74) is 7.47. The van der Waals surface area contributed by atoms with E-state index in [1.807, 2.05) is 37.3 Å². The Balaban J connectivity index is 1.92. The number of likely N-dealkylation sites (N-methyl/N-ethyl adjacent to an activating group) is 1. The van der Waals surface area contributed by atoms with Crippen LogP contribution in [-0.2, 0) is 20.8 Å². The van der Waals surface area contributed by atoms with Crippen molar-refractivity contribution in [2.75, 3.05) is 29.9 Å². The number of benzene rings is 2. The van der Waals surface area contributed by atoms with Crippen LogP contribution in [0.1, 0.15) is 12.5 Å². The van der Waals surface area contributed by atoms with Crippen LogP contribution in [0.15, 0.2) is 54.6 Å². The first-order valence-electron chi connectivity index (χ1n) is 8.74. The van der Waals surface area contributed by atoms with Crippen molar-refractivity contribution in [3.8, 4) is 0 Å². The standard InChI is InChI=1S/C20H24N4O3/c1-2-24(17-6-4-3-5-7-17)20(27)12-15-8-10-16(11-9-15)23-19(26)14-22-18(25)13-21/h3-11H,2,12-14,21H2,1H3,(H,22,25)(H,23,26). The van der Waals surface area contributed by atoms with Gasteiger partial charge >= 0.3 is 0 Å². The van der Waals surface area contributed by atoms with E-state index in [2.05, 4.69) is 10.6 Å². The van der Waals surface area contributed by atoms with Gasteiger partial charge < -0.3 is 21.3 Å². The summed E-state index contributed by atoms with van der Waals surface area (Å²) in [7, 11) is 0. The lowest BCUT2D eigenvalue weighted by molar-refractivity contribution is -0.123. The van der Waals surface area contributed by atoms with Gasteiger partial charge in [0.1, 0.15) is 0 Å². The molecule has 0 aromatic heterocycles. The summed E-state index contributed by atoms with van der Waals surface area (Å²) >= 11 is 0. The molecule has 27 heavy (non-hydrogen) atoms. The van der Waals surface area contributed by atoms with E-state index in [0.29, 0.717) is 12.2 Å². The summed E-state index contributed by atoms with van der Waals surface area (Å²) in [5, 5.41) is 5.07. The van der Waals surface area contributed by atoms with E-state index in [-0.39, 0.29) is 31.3 Å². The second-order valence-electron chi connectivity index (χ2n) is 5.88. The van der Waals surface area contributed by atoms with Crippen molar-refractivity contribution in [3.63, 3.8) is 0 Å². The zero-order valence-electron chi connectivity index (χ0n) is 15.3. The van der Waals surface area contributed by atoms with Gasteiger partial charge in [-0.1, -0.05) is 30.3 Å². The molecular weight excluding hydrogens is 344 g/mol. The van der Waals surface area contributed by atoms with E-state index in [4.69, 9.17) is 5.73 Å². The van der Waals surface area contributed by atoms with Gasteiger partial charge in [0.25, 0.3) is 0 Å². The highest BCUT2D eigenvalue weighted by Gasteiger charge is 2.14. The quantitative estimate of drug-likeness (QED) is 0.653. The summed E-state index contributed by atoms with van der Waals surface area (Å²) < 4.78 is 0. The minimum Gasteiger partial charge on any atom is -0.346 e. The highest BCUT2D eigenvalue weighted by Crippen LogP contribution is 2.16. The molecule has 2 aromatic carbocycles. The number of rotatable bonds is 8. The number of nitrogens with zero attached hydrogens (tertiary/aromatic N) is 1. The van der Waals surface area contributed by atoms with Gasteiger partial charge in [0.15, 0.2) is 0 Å². The molecule has 0 atom stereocenters. The molecular formula is C20H24N4O3. The molecule has 0 bridgehead atoms. The van der Waals surface area contributed by atoms with Crippen molar-refractivity contribution < 1.29 is 14.4 Å². The molecule has 3 amide bonds. The maximum atomic E-state index is 12.6. The molecule has 0 fully saturated rings. The minimum atomic E-state index is -0.391. The maximum absolute atomic E-state index is 12.6. The Morgan fingerprint density at radius 3 is 2.22 bits per heavy atom. The second kappa shape index (κ2) is 10.1. The lowest BCUT2D eigenvalue weighted by Gasteiger charge is -2.21. The third kappa shape index (κ3) is 6.23. The Bertz CT molecular complexity index is 776. The van der Waals surface area contributed by atoms with Crippen LogP contribution < -0.4 is 21.3 Å². The molecule has 2 aromatic rings. The lowest BCUT2D eigenvalue weighted by Crippen LogP contribution is -2.36. The topological polar surface area (TPSA) is 105 Å². The molecule has 142 valence electrons. The van der Waals surface area contributed by atoms with Crippen molar-refractivity contribution in [1.29, 1.82) is 0 Å². The molecule has 7 nitrogen and oxygen atoms in total. The molecule has 0 aliphatic carbocycles. The summed E-state index contributed by atoms with van der Waals surface area (Å²) in [6, 6.07) is 16.6. The number of nitrogens with two attached hydrogens (primary N) is 1. The van der Waals surface area contributed by atoms with Crippen LogP contribution in [-0.4, -0.2) is 37.4 Å². The molecule has 0 unspecified atom stereocenters. The number of hydrogen-bond acceptors (Lipinski definition) is 4. The number of para-hydroxylation sites is 1. The van der Waals surface area contributed by atoms with E-state index in [1.54, 1.807) is 29.2 Å². The number of anilines is 2. The summed E-state index contributed by atoms with van der Waals surface area (Å²) in [6.07, 6.45) is 0.267. The van der Waals surface area contributed by atoms with Gasteiger partial charge in [0.05, 0.1) is 19.5 Å². The Morgan fingerprint density at radius 2 is 1.63 bits per heavy atom. The predicted octanol–water partition coefficient (Wildman–Crippen LogP) is 1.30. The molecule has 0 heterocycles. The zero-order valence-corrected chi connectivity index (χ0v) is 15.3. The minimum absolute atomic E-state index is 0.00461. The molecule has 0 saturated carbocycles. The van der Waals surface area contributed by atoms with Crippen molar-refractivity contribution >= 4 is 29.1 Å². The Labute approximate surface area is 158 Å². The number of carbonyl (C=O) groups excluding carboxylic acids is 3. The van der Waals surface area contributed by atoms with Gasteiger partial charge in [-0.05, 0) is 36.8 Å². The number of nitrogens with one attached hydrogen (secondary N) is 2. The fourth-order valence-electron chi connectivity index (χ4n) is 2.54. The van der Waals surface area contributed by atoms with Gasteiger partial charge in [-0.2, -0.15) is 0 Å². The van der Waals surface area contributed by atoms with E-state index < -0.39 is 5.91 Å². The third-order valence-corrected chi connectivity index (χ3v) is 3.91. The van der Waals surface area contributed by atoms with Crippen LogP contribution in [0.2, 0.25) is 0 Å². The van der Waals surface area contributed by atoms with Crippen LogP contribution >= 0.6 is 0 Å². The predicted molar refractivity (Wildman–Crippen MR) is 105 cm³/mol. The molecule has 0 aliphatic heterocycles. The van der Waals surface area contributed by atoms with E-state index in [0.717, 1.165) is 11.3 Å². The molecule has 7 heteroatoms. The normalized spacial score (nSPS) is 10.1. The number of amides is 3. The molecule has 0 spiro atoms. The average molecular weight is 368 g/mol. The first kappa shape index (κ1) is 20.1. The van der Waals surface area contributed by atoms with Crippen LogP contribution in [0.3, 0.4) is 0 Å². The Kier molecular flexibility index (Phi) is 7.51. The van der Waals surface area contributed by atoms with Crippen LogP contribution in [0.5, 0.6) is 0 Å². The monoisotopic (exact) mass is 368 g/mol. The number of carbonyl (C=O) groups is 3. The smallest absolute Gasteiger partial charge is 0.243 e. The SMILES string of the molecule is CCN(C(=O)Cc1ccc(NC(=O)CNC(=O)CN)cc1)c1ccccc1. The molecule has 4 N–H and O–H groups in total. The maximum Gasteiger partial charge on any atom is 0.243 e. The van der Waals surface area contributed by atoms with Crippen LogP contribution in [0, 0.1) is 0 Å². The van der Waals surface area contributed by atoms with Crippen LogP contribution in [0.4, 0.5) is 11.4 Å². The summed E-state index contributed by atoms with van der Waals surface area (Å²) in [5.74, 6) is -0.732. The van der Waals surface area contributed by atoms with Gasteiger partial charge in [-0.25, -0.2) is 0 Å². The highest BCUT2D eigenvalue weighted by molar-refractivity contribution is 5.96. The van der Waals surface area contributed by atoms with Crippen molar-refractivity contribution in [3.05, 3.63) is 60.2 Å². The van der Waals surface area contributed by atoms with E-state index in [1.165, 1.54) is 0 Å². The molecule has 2 rings (SSSR count).